The molecule has 0 aliphatic heterocycles. The van der Waals surface area contributed by atoms with Crippen molar-refractivity contribution in [3.05, 3.63) is 52.5 Å². The molecule has 0 spiro atoms. The third kappa shape index (κ3) is 4.62. The topological polar surface area (TPSA) is 90.3 Å². The molecule has 3 rings (SSSR count). The molecule has 8 heteroatoms. The molecule has 1 aliphatic rings. The number of nitrogens with zero attached hydrogens (tertiary/aromatic N) is 2. The van der Waals surface area contributed by atoms with E-state index in [0.717, 1.165) is 31.7 Å². The second-order valence-electron chi connectivity index (χ2n) is 6.84. The smallest absolute Gasteiger partial charge is 0.339 e. The lowest BCUT2D eigenvalue weighted by Crippen LogP contribution is -2.40. The van der Waals surface area contributed by atoms with E-state index in [1.807, 2.05) is 0 Å². The van der Waals surface area contributed by atoms with E-state index in [1.54, 1.807) is 0 Å². The molecule has 1 N–H and O–H groups in total. The van der Waals surface area contributed by atoms with Gasteiger partial charge in [-0.25, -0.2) is 9.78 Å². The summed E-state index contributed by atoms with van der Waals surface area (Å²) in [6.07, 6.45) is 7.68. The minimum atomic E-state index is -0.681. The van der Waals surface area contributed by atoms with Crippen molar-refractivity contribution in [3.63, 3.8) is 0 Å². The van der Waals surface area contributed by atoms with Gasteiger partial charge in [-0.05, 0) is 31.0 Å². The second kappa shape index (κ2) is 8.77. The van der Waals surface area contributed by atoms with Gasteiger partial charge >= 0.3 is 5.97 Å². The molecule has 1 aliphatic carbocycles. The van der Waals surface area contributed by atoms with Gasteiger partial charge in [0.1, 0.15) is 6.54 Å². The highest BCUT2D eigenvalue weighted by atomic mass is 19.1. The summed E-state index contributed by atoms with van der Waals surface area (Å²) in [6, 6.07) is 3.99. The zero-order chi connectivity index (χ0) is 20.1. The first-order valence-corrected chi connectivity index (χ1v) is 9.22. The van der Waals surface area contributed by atoms with Crippen LogP contribution in [-0.2, 0) is 16.1 Å². The van der Waals surface area contributed by atoms with Crippen molar-refractivity contribution in [2.75, 3.05) is 7.11 Å². The van der Waals surface area contributed by atoms with E-state index in [4.69, 9.17) is 4.74 Å². The molecule has 0 saturated heterocycles. The summed E-state index contributed by atoms with van der Waals surface area (Å²) in [4.78, 5) is 40.8. The fourth-order valence-electron chi connectivity index (χ4n) is 3.40. The number of carbonyl (C=O) groups is 2. The molecule has 0 unspecified atom stereocenters. The number of pyridine rings is 2. The zero-order valence-electron chi connectivity index (χ0n) is 15.6. The van der Waals surface area contributed by atoms with Crippen LogP contribution in [0.5, 0.6) is 0 Å². The van der Waals surface area contributed by atoms with Crippen LogP contribution in [0.15, 0.2) is 35.4 Å². The molecule has 2 heterocycles. The molecule has 0 atom stereocenters. The Labute approximate surface area is 161 Å². The van der Waals surface area contributed by atoms with Crippen LogP contribution in [0, 0.1) is 5.95 Å². The fraction of sp³-hybridized carbons (Fsp3) is 0.400. The summed E-state index contributed by atoms with van der Waals surface area (Å²) in [5, 5.41) is 2.95. The number of ether oxygens (including phenoxy) is 1. The van der Waals surface area contributed by atoms with Crippen LogP contribution in [0.3, 0.4) is 0 Å². The Balaban J connectivity index is 1.91. The minimum absolute atomic E-state index is 0.113. The van der Waals surface area contributed by atoms with Gasteiger partial charge in [-0.2, -0.15) is 4.39 Å². The first kappa shape index (κ1) is 19.7. The van der Waals surface area contributed by atoms with Gasteiger partial charge in [-0.1, -0.05) is 19.3 Å². The number of esters is 1. The van der Waals surface area contributed by atoms with Crippen LogP contribution >= 0.6 is 0 Å². The summed E-state index contributed by atoms with van der Waals surface area (Å²) in [5.41, 5.74) is 0.131. The lowest BCUT2D eigenvalue weighted by atomic mass is 9.95. The van der Waals surface area contributed by atoms with Crippen LogP contribution in [0.4, 0.5) is 4.39 Å². The largest absolute Gasteiger partial charge is 0.465 e. The molecule has 1 amide bonds. The van der Waals surface area contributed by atoms with Crippen molar-refractivity contribution >= 4 is 11.9 Å². The van der Waals surface area contributed by atoms with Gasteiger partial charge in [0.25, 0.3) is 5.56 Å². The first-order chi connectivity index (χ1) is 13.5. The number of carbonyl (C=O) groups excluding carboxylic acids is 2. The summed E-state index contributed by atoms with van der Waals surface area (Å²) in [5.74, 6) is -1.61. The molecular weight excluding hydrogens is 365 g/mol. The molecule has 7 nitrogen and oxygen atoms in total. The molecular formula is C20H22FN3O4. The van der Waals surface area contributed by atoms with E-state index in [0.29, 0.717) is 5.56 Å². The van der Waals surface area contributed by atoms with Crippen molar-refractivity contribution in [2.24, 2.45) is 0 Å². The normalized spacial score (nSPS) is 14.5. The summed E-state index contributed by atoms with van der Waals surface area (Å²) >= 11 is 0. The third-order valence-corrected chi connectivity index (χ3v) is 4.83. The molecule has 1 fully saturated rings. The predicted octanol–water partition coefficient (Wildman–Crippen LogP) is 2.28. The Morgan fingerprint density at radius 3 is 2.68 bits per heavy atom. The number of amides is 1. The van der Waals surface area contributed by atoms with Gasteiger partial charge in [0.05, 0.1) is 12.7 Å². The van der Waals surface area contributed by atoms with E-state index in [9.17, 15) is 18.8 Å². The first-order valence-electron chi connectivity index (χ1n) is 9.22. The van der Waals surface area contributed by atoms with Crippen molar-refractivity contribution in [3.8, 4) is 11.1 Å². The fourth-order valence-corrected chi connectivity index (χ4v) is 3.40. The van der Waals surface area contributed by atoms with Gasteiger partial charge in [-0.3, -0.25) is 9.59 Å². The maximum atomic E-state index is 13.1. The standard InChI is InChI=1S/C20H22FN3O4/c1-28-20(27)14-9-16(13-7-8-17(21)22-10-13)19(26)24(11-14)12-18(25)23-15-5-3-2-4-6-15/h7-11,15H,2-6,12H2,1H3,(H,23,25). The molecule has 0 bridgehead atoms. The van der Waals surface area contributed by atoms with Crippen molar-refractivity contribution < 1.29 is 18.7 Å². The molecule has 2 aromatic rings. The number of aromatic nitrogens is 2. The Hall–Kier alpha value is -3.03. The van der Waals surface area contributed by atoms with Crippen LogP contribution in [0.2, 0.25) is 0 Å². The Bertz CT molecular complexity index is 918. The minimum Gasteiger partial charge on any atom is -0.465 e. The molecule has 28 heavy (non-hydrogen) atoms. The van der Waals surface area contributed by atoms with Crippen molar-refractivity contribution in [1.82, 2.24) is 14.9 Å². The number of nitrogens with one attached hydrogen (secondary N) is 1. The lowest BCUT2D eigenvalue weighted by Gasteiger charge is -2.23. The predicted molar refractivity (Wildman–Crippen MR) is 100 cm³/mol. The van der Waals surface area contributed by atoms with Crippen molar-refractivity contribution in [1.29, 1.82) is 0 Å². The van der Waals surface area contributed by atoms with E-state index in [-0.39, 0.29) is 29.6 Å². The van der Waals surface area contributed by atoms with E-state index >= 15 is 0 Å². The summed E-state index contributed by atoms with van der Waals surface area (Å²) < 4.78 is 19.0. The highest BCUT2D eigenvalue weighted by Gasteiger charge is 2.19. The average Bonchev–Trinajstić information content (AvgIpc) is 2.70. The SMILES string of the molecule is COC(=O)c1cc(-c2ccc(F)nc2)c(=O)n(CC(=O)NC2CCCCC2)c1. The number of halogens is 1. The lowest BCUT2D eigenvalue weighted by molar-refractivity contribution is -0.122. The van der Waals surface area contributed by atoms with E-state index in [1.165, 1.54) is 42.6 Å². The van der Waals surface area contributed by atoms with Gasteiger partial charge < -0.3 is 14.6 Å². The maximum absolute atomic E-state index is 13.1. The highest BCUT2D eigenvalue weighted by molar-refractivity contribution is 5.90. The molecule has 0 radical (unpaired) electrons. The number of hydrogen-bond acceptors (Lipinski definition) is 5. The molecule has 148 valence electrons. The monoisotopic (exact) mass is 387 g/mol. The van der Waals surface area contributed by atoms with Crippen LogP contribution < -0.4 is 10.9 Å². The Morgan fingerprint density at radius 2 is 2.04 bits per heavy atom. The molecule has 1 saturated carbocycles. The maximum Gasteiger partial charge on any atom is 0.339 e. The third-order valence-electron chi connectivity index (χ3n) is 4.83. The van der Waals surface area contributed by atoms with Crippen molar-refractivity contribution in [2.45, 2.75) is 44.7 Å². The van der Waals surface area contributed by atoms with Crippen LogP contribution in [0.1, 0.15) is 42.5 Å². The van der Waals surface area contributed by atoms with Gasteiger partial charge in [-0.15, -0.1) is 0 Å². The van der Waals surface area contributed by atoms with Gasteiger partial charge in [0, 0.05) is 29.6 Å². The zero-order valence-corrected chi connectivity index (χ0v) is 15.6. The highest BCUT2D eigenvalue weighted by Crippen LogP contribution is 2.18. The van der Waals surface area contributed by atoms with Gasteiger partial charge in [0.15, 0.2) is 0 Å². The summed E-state index contributed by atoms with van der Waals surface area (Å²) in [6.45, 7) is -0.220. The number of methoxy groups -OCH3 is 1. The Morgan fingerprint density at radius 1 is 1.29 bits per heavy atom. The number of hydrogen-bond donors (Lipinski definition) is 1. The van der Waals surface area contributed by atoms with E-state index in [2.05, 4.69) is 10.3 Å². The van der Waals surface area contributed by atoms with E-state index < -0.39 is 17.5 Å². The van der Waals surface area contributed by atoms with Gasteiger partial charge in [0.2, 0.25) is 11.9 Å². The quantitative estimate of drug-likeness (QED) is 0.628. The Kier molecular flexibility index (Phi) is 6.18. The average molecular weight is 387 g/mol. The molecule has 0 aromatic carbocycles. The second-order valence-corrected chi connectivity index (χ2v) is 6.84. The van der Waals surface area contributed by atoms with Crippen LogP contribution in [0.25, 0.3) is 11.1 Å². The van der Waals surface area contributed by atoms with Crippen LogP contribution in [-0.4, -0.2) is 34.6 Å². The number of rotatable bonds is 5. The summed E-state index contributed by atoms with van der Waals surface area (Å²) in [7, 11) is 1.23. The molecule has 2 aromatic heterocycles.